The van der Waals surface area contributed by atoms with Gasteiger partial charge < -0.3 is 19.1 Å². The van der Waals surface area contributed by atoms with Gasteiger partial charge in [0.15, 0.2) is 0 Å². The van der Waals surface area contributed by atoms with E-state index in [9.17, 15) is 18.0 Å². The zero-order chi connectivity index (χ0) is 28.2. The number of sulfonamides is 1. The quantitative estimate of drug-likeness (QED) is 0.262. The summed E-state index contributed by atoms with van der Waals surface area (Å²) < 4.78 is 43.7. The van der Waals surface area contributed by atoms with Gasteiger partial charge in [-0.2, -0.15) is 0 Å². The van der Waals surface area contributed by atoms with Gasteiger partial charge in [-0.1, -0.05) is 38.0 Å². The number of para-hydroxylation sites is 1. The summed E-state index contributed by atoms with van der Waals surface area (Å²) in [4.78, 5) is 26.4. The van der Waals surface area contributed by atoms with Gasteiger partial charge in [0.05, 0.1) is 19.5 Å². The van der Waals surface area contributed by atoms with E-state index >= 15 is 0 Å². The summed E-state index contributed by atoms with van der Waals surface area (Å²) in [6.07, 6.45) is 6.11. The number of nitrogens with zero attached hydrogens (tertiary/aromatic N) is 1. The molecule has 9 nitrogen and oxygen atoms in total. The van der Waals surface area contributed by atoms with Crippen molar-refractivity contribution in [1.29, 1.82) is 0 Å². The first kappa shape index (κ1) is 31.9. The van der Waals surface area contributed by atoms with Crippen LogP contribution in [0.2, 0.25) is 0 Å². The zero-order valence-electron chi connectivity index (χ0n) is 23.7. The van der Waals surface area contributed by atoms with E-state index in [1.807, 2.05) is 52.0 Å². The van der Waals surface area contributed by atoms with Crippen molar-refractivity contribution in [3.8, 4) is 5.75 Å². The van der Waals surface area contributed by atoms with E-state index in [0.29, 0.717) is 24.7 Å². The molecule has 1 heterocycles. The molecule has 0 aliphatic carbocycles. The second-order valence-electron chi connectivity index (χ2n) is 10.9. The highest BCUT2D eigenvalue weighted by molar-refractivity contribution is 7.89. The van der Waals surface area contributed by atoms with Gasteiger partial charge in [0, 0.05) is 19.5 Å². The highest BCUT2D eigenvalue weighted by Gasteiger charge is 2.28. The Hall–Kier alpha value is -2.33. The summed E-state index contributed by atoms with van der Waals surface area (Å²) in [5.41, 5.74) is 0.269. The van der Waals surface area contributed by atoms with Crippen molar-refractivity contribution in [3.63, 3.8) is 0 Å². The fourth-order valence-electron chi connectivity index (χ4n) is 4.41. The highest BCUT2D eigenvalue weighted by Crippen LogP contribution is 2.25. The second kappa shape index (κ2) is 15.3. The summed E-state index contributed by atoms with van der Waals surface area (Å²) >= 11 is 0. The Balaban J connectivity index is 1.80. The van der Waals surface area contributed by atoms with Crippen molar-refractivity contribution in [2.45, 2.75) is 90.7 Å². The number of hydrogen-bond acceptors (Lipinski definition) is 7. The van der Waals surface area contributed by atoms with Crippen molar-refractivity contribution in [2.75, 3.05) is 32.6 Å². The molecule has 1 unspecified atom stereocenters. The molecule has 10 heteroatoms. The Bertz CT molecular complexity index is 983. The maximum Gasteiger partial charge on any atom is 0.410 e. The first-order chi connectivity index (χ1) is 17.9. The molecule has 0 aromatic heterocycles. The minimum atomic E-state index is -3.60. The van der Waals surface area contributed by atoms with E-state index in [1.165, 1.54) is 7.11 Å². The molecule has 1 aromatic carbocycles. The van der Waals surface area contributed by atoms with Crippen LogP contribution in [0.4, 0.5) is 4.79 Å². The van der Waals surface area contributed by atoms with Gasteiger partial charge in [-0.25, -0.2) is 17.9 Å². The molecule has 0 radical (unpaired) electrons. The summed E-state index contributed by atoms with van der Waals surface area (Å²) in [7, 11) is -2.35. The molecule has 1 aromatic rings. The van der Waals surface area contributed by atoms with Crippen molar-refractivity contribution in [1.82, 2.24) is 9.62 Å². The molecule has 1 N–H and O–H groups in total. The monoisotopic (exact) mass is 554 g/mol. The van der Waals surface area contributed by atoms with Crippen LogP contribution in [-0.2, 0) is 30.7 Å². The highest BCUT2D eigenvalue weighted by atomic mass is 32.2. The number of ether oxygens (including phenoxy) is 3. The van der Waals surface area contributed by atoms with E-state index in [4.69, 9.17) is 14.2 Å². The topological polar surface area (TPSA) is 111 Å². The average molecular weight is 555 g/mol. The molecule has 1 aliphatic heterocycles. The van der Waals surface area contributed by atoms with Crippen LogP contribution in [0.1, 0.15) is 78.2 Å². The number of carbonyl (C=O) groups is 2. The second-order valence-corrected chi connectivity index (χ2v) is 12.8. The standard InChI is InChI=1S/C28H46N2O7S/c1-6-7-20-38(33,34)29-24(26(31)35-5)21-23-13-8-9-14-25(23)36-19-11-10-12-22-15-17-30(18-16-22)27(32)37-28(2,3)4/h8-9,13-14,22,24,29H,6-7,10-12,15-21H2,1-5H3. The number of hydrogen-bond donors (Lipinski definition) is 1. The maximum absolute atomic E-state index is 12.4. The van der Waals surface area contributed by atoms with Crippen LogP contribution in [0, 0.1) is 5.92 Å². The molecule has 1 aliphatic rings. The first-order valence-corrected chi connectivity index (χ1v) is 15.4. The third kappa shape index (κ3) is 11.6. The van der Waals surface area contributed by atoms with Crippen LogP contribution in [-0.4, -0.2) is 69.6 Å². The Morgan fingerprint density at radius 2 is 1.79 bits per heavy atom. The van der Waals surface area contributed by atoms with Gasteiger partial charge in [-0.05, 0) is 70.4 Å². The van der Waals surface area contributed by atoms with Crippen molar-refractivity contribution in [3.05, 3.63) is 29.8 Å². The minimum absolute atomic E-state index is 0.0326. The number of rotatable bonds is 14. The number of piperidine rings is 1. The number of amides is 1. The normalized spacial score (nSPS) is 15.7. The minimum Gasteiger partial charge on any atom is -0.493 e. The predicted octanol–water partition coefficient (Wildman–Crippen LogP) is 4.69. The summed E-state index contributed by atoms with van der Waals surface area (Å²) in [5.74, 6) is 0.565. The van der Waals surface area contributed by atoms with Crippen molar-refractivity contribution < 1.29 is 32.2 Å². The summed E-state index contributed by atoms with van der Waals surface area (Å²) in [6, 6.07) is 6.35. The number of carbonyl (C=O) groups excluding carboxylic acids is 2. The Morgan fingerprint density at radius 3 is 2.42 bits per heavy atom. The predicted molar refractivity (Wildman–Crippen MR) is 148 cm³/mol. The molecule has 0 saturated carbocycles. The van der Waals surface area contributed by atoms with Crippen molar-refractivity contribution in [2.24, 2.45) is 5.92 Å². The molecule has 1 saturated heterocycles. The van der Waals surface area contributed by atoms with E-state index < -0.39 is 27.6 Å². The summed E-state index contributed by atoms with van der Waals surface area (Å²) in [5, 5.41) is 0. The van der Waals surface area contributed by atoms with E-state index in [0.717, 1.165) is 57.2 Å². The van der Waals surface area contributed by atoms with Crippen LogP contribution in [0.25, 0.3) is 0 Å². The lowest BCUT2D eigenvalue weighted by molar-refractivity contribution is -0.142. The molecule has 2 rings (SSSR count). The first-order valence-electron chi connectivity index (χ1n) is 13.7. The third-order valence-corrected chi connectivity index (χ3v) is 7.97. The molecular weight excluding hydrogens is 508 g/mol. The van der Waals surface area contributed by atoms with E-state index in [2.05, 4.69) is 4.72 Å². The lowest BCUT2D eigenvalue weighted by Crippen LogP contribution is -2.44. The number of esters is 1. The van der Waals surface area contributed by atoms with E-state index in [1.54, 1.807) is 4.90 Å². The maximum atomic E-state index is 12.4. The molecule has 216 valence electrons. The van der Waals surface area contributed by atoms with E-state index in [-0.39, 0.29) is 18.3 Å². The molecule has 0 bridgehead atoms. The number of benzene rings is 1. The van der Waals surface area contributed by atoms with Crippen LogP contribution < -0.4 is 9.46 Å². The number of methoxy groups -OCH3 is 1. The van der Waals surface area contributed by atoms with Crippen LogP contribution in [0.5, 0.6) is 5.75 Å². The number of unbranched alkanes of at least 4 members (excludes halogenated alkanes) is 2. The van der Waals surface area contributed by atoms with Gasteiger partial charge >= 0.3 is 12.1 Å². The lowest BCUT2D eigenvalue weighted by atomic mass is 9.92. The third-order valence-electron chi connectivity index (χ3n) is 6.50. The smallest absolute Gasteiger partial charge is 0.410 e. The van der Waals surface area contributed by atoms with Crippen LogP contribution >= 0.6 is 0 Å². The van der Waals surface area contributed by atoms with Gasteiger partial charge in [0.2, 0.25) is 10.0 Å². The molecular formula is C28H46N2O7S. The SMILES string of the molecule is CCCCS(=O)(=O)NC(Cc1ccccc1OCCCCC1CCN(C(=O)OC(C)(C)C)CC1)C(=O)OC. The fourth-order valence-corrected chi connectivity index (χ4v) is 5.81. The van der Waals surface area contributed by atoms with Crippen LogP contribution in [0.3, 0.4) is 0 Å². The Morgan fingerprint density at radius 1 is 1.11 bits per heavy atom. The Labute approximate surface area is 228 Å². The van der Waals surface area contributed by atoms with Gasteiger partial charge in [0.25, 0.3) is 0 Å². The van der Waals surface area contributed by atoms with Gasteiger partial charge in [-0.3, -0.25) is 4.79 Å². The molecule has 1 atom stereocenters. The zero-order valence-corrected chi connectivity index (χ0v) is 24.5. The lowest BCUT2D eigenvalue weighted by Gasteiger charge is -2.33. The average Bonchev–Trinajstić information content (AvgIpc) is 2.86. The van der Waals surface area contributed by atoms with Gasteiger partial charge in [-0.15, -0.1) is 0 Å². The fraction of sp³-hybridized carbons (Fsp3) is 0.714. The largest absolute Gasteiger partial charge is 0.493 e. The van der Waals surface area contributed by atoms with Gasteiger partial charge in [0.1, 0.15) is 17.4 Å². The van der Waals surface area contributed by atoms with Crippen LogP contribution in [0.15, 0.2) is 24.3 Å². The Kier molecular flexibility index (Phi) is 12.8. The molecule has 1 fully saturated rings. The van der Waals surface area contributed by atoms with Crippen molar-refractivity contribution >= 4 is 22.1 Å². The summed E-state index contributed by atoms with van der Waals surface area (Å²) in [6.45, 7) is 9.54. The molecule has 38 heavy (non-hydrogen) atoms. The number of nitrogens with one attached hydrogen (secondary N) is 1. The molecule has 0 spiro atoms. The number of likely N-dealkylation sites (tertiary alicyclic amines) is 1. The molecule has 1 amide bonds.